The molecule has 8 heteroatoms. The average molecular weight is 314 g/mol. The number of carboxylic acid groups (broad SMARTS) is 1. The molecule has 3 N–H and O–H groups in total. The highest BCUT2D eigenvalue weighted by Crippen LogP contribution is 2.27. The highest BCUT2D eigenvalue weighted by Gasteiger charge is 2.15. The third-order valence-electron chi connectivity index (χ3n) is 3.56. The maximum Gasteiger partial charge on any atom is 0.335 e. The van der Waals surface area contributed by atoms with Crippen LogP contribution in [0.4, 0.5) is 8.78 Å². The van der Waals surface area contributed by atoms with Gasteiger partial charge >= 0.3 is 5.97 Å². The first-order chi connectivity index (χ1) is 11.0. The normalized spacial score (nSPS) is 11.4. The molecule has 6 nitrogen and oxygen atoms in total. The molecule has 0 aliphatic heterocycles. The van der Waals surface area contributed by atoms with Crippen LogP contribution in [0.3, 0.4) is 0 Å². The monoisotopic (exact) mass is 314 g/mol. The van der Waals surface area contributed by atoms with E-state index in [1.54, 1.807) is 6.07 Å². The lowest BCUT2D eigenvalue weighted by atomic mass is 10.1. The Balaban J connectivity index is 1.90. The van der Waals surface area contributed by atoms with Gasteiger partial charge in [-0.1, -0.05) is 0 Å². The number of nitrogens with zero attached hydrogens (tertiary/aromatic N) is 2. The molecule has 2 aromatic carbocycles. The van der Waals surface area contributed by atoms with Crippen molar-refractivity contribution in [3.05, 3.63) is 47.5 Å². The summed E-state index contributed by atoms with van der Waals surface area (Å²) in [6.45, 7) is 0. The minimum Gasteiger partial charge on any atom is -0.478 e. The first-order valence-corrected chi connectivity index (χ1v) is 6.59. The highest BCUT2D eigenvalue weighted by atomic mass is 19.2. The summed E-state index contributed by atoms with van der Waals surface area (Å²) in [6, 6.07) is 6.54. The number of aromatic carboxylic acids is 1. The van der Waals surface area contributed by atoms with E-state index >= 15 is 0 Å². The Morgan fingerprint density at radius 1 is 1.09 bits per heavy atom. The summed E-state index contributed by atoms with van der Waals surface area (Å²) < 4.78 is 26.5. The Hall–Kier alpha value is -3.29. The lowest BCUT2D eigenvalue weighted by molar-refractivity contribution is 0.0697. The number of hydrogen-bond acceptors (Lipinski definition) is 3. The van der Waals surface area contributed by atoms with E-state index in [-0.39, 0.29) is 11.1 Å². The molecule has 114 valence electrons. The van der Waals surface area contributed by atoms with Gasteiger partial charge in [-0.15, -0.1) is 0 Å². The average Bonchev–Trinajstić information content (AvgIpc) is 3.10. The molecule has 2 aromatic heterocycles. The van der Waals surface area contributed by atoms with Crippen molar-refractivity contribution in [3.63, 3.8) is 0 Å². The summed E-state index contributed by atoms with van der Waals surface area (Å²) in [5, 5.41) is 16.5. The van der Waals surface area contributed by atoms with Crippen LogP contribution < -0.4 is 0 Å². The van der Waals surface area contributed by atoms with Gasteiger partial charge in [0.15, 0.2) is 17.5 Å². The third kappa shape index (κ3) is 2.03. The molecule has 0 fully saturated rings. The Kier molecular flexibility index (Phi) is 2.68. The molecule has 0 saturated heterocycles. The van der Waals surface area contributed by atoms with Gasteiger partial charge in [-0.3, -0.25) is 5.10 Å². The van der Waals surface area contributed by atoms with E-state index in [2.05, 4.69) is 20.2 Å². The molecule has 0 aliphatic rings. The lowest BCUT2D eigenvalue weighted by Gasteiger charge is -1.95. The zero-order valence-corrected chi connectivity index (χ0v) is 11.4. The minimum atomic E-state index is -1.04. The molecule has 4 rings (SSSR count). The lowest BCUT2D eigenvalue weighted by Crippen LogP contribution is -1.94. The van der Waals surface area contributed by atoms with Crippen molar-refractivity contribution in [1.29, 1.82) is 0 Å². The third-order valence-corrected chi connectivity index (χ3v) is 3.56. The van der Waals surface area contributed by atoms with Crippen molar-refractivity contribution in [2.45, 2.75) is 0 Å². The molecular formula is C15H8F2N4O2. The van der Waals surface area contributed by atoms with Gasteiger partial charge in [0.25, 0.3) is 0 Å². The van der Waals surface area contributed by atoms with Crippen molar-refractivity contribution in [1.82, 2.24) is 20.2 Å². The second kappa shape index (κ2) is 4.60. The van der Waals surface area contributed by atoms with Crippen molar-refractivity contribution in [3.8, 4) is 11.5 Å². The largest absolute Gasteiger partial charge is 0.478 e. The standard InChI is InChI=1S/C15H8F2N4O2/c16-8-4-11-12(5-9(8)17)19-14(18-11)13-7-2-1-6(15(22)23)3-10(7)20-21-13/h1-5H,(H,18,19)(H,20,21)(H,22,23). The maximum absolute atomic E-state index is 13.3. The molecule has 0 radical (unpaired) electrons. The number of H-pyrrole nitrogens is 2. The van der Waals surface area contributed by atoms with E-state index in [1.165, 1.54) is 12.1 Å². The van der Waals surface area contributed by atoms with E-state index in [1.807, 2.05) is 0 Å². The van der Waals surface area contributed by atoms with Gasteiger partial charge in [-0.05, 0) is 18.2 Å². The van der Waals surface area contributed by atoms with Gasteiger partial charge in [0.1, 0.15) is 5.69 Å². The summed E-state index contributed by atoms with van der Waals surface area (Å²) in [5.74, 6) is -2.66. The maximum atomic E-state index is 13.3. The minimum absolute atomic E-state index is 0.126. The first-order valence-electron chi connectivity index (χ1n) is 6.59. The molecule has 0 unspecified atom stereocenters. The SMILES string of the molecule is O=C(O)c1ccc2c(-c3nc4cc(F)c(F)cc4[nH]3)n[nH]c2c1. The van der Waals surface area contributed by atoms with E-state index < -0.39 is 17.6 Å². The Morgan fingerprint density at radius 3 is 2.65 bits per heavy atom. The van der Waals surface area contributed by atoms with Crippen LogP contribution in [0.25, 0.3) is 33.5 Å². The van der Waals surface area contributed by atoms with E-state index in [9.17, 15) is 13.6 Å². The van der Waals surface area contributed by atoms with Gasteiger partial charge in [-0.2, -0.15) is 5.10 Å². The van der Waals surface area contributed by atoms with Crippen molar-refractivity contribution in [2.24, 2.45) is 0 Å². The van der Waals surface area contributed by atoms with Gasteiger partial charge in [0, 0.05) is 17.5 Å². The molecule has 0 amide bonds. The van der Waals surface area contributed by atoms with Crippen LogP contribution in [-0.2, 0) is 0 Å². The Bertz CT molecular complexity index is 1040. The van der Waals surface area contributed by atoms with Crippen LogP contribution >= 0.6 is 0 Å². The predicted octanol–water partition coefficient (Wildman–Crippen LogP) is 3.08. The number of benzene rings is 2. The molecule has 2 heterocycles. The van der Waals surface area contributed by atoms with Crippen LogP contribution in [0.2, 0.25) is 0 Å². The van der Waals surface area contributed by atoms with Crippen LogP contribution in [-0.4, -0.2) is 31.2 Å². The smallest absolute Gasteiger partial charge is 0.335 e. The number of halogens is 2. The van der Waals surface area contributed by atoms with Crippen LogP contribution in [0.5, 0.6) is 0 Å². The van der Waals surface area contributed by atoms with Gasteiger partial charge in [0.2, 0.25) is 0 Å². The number of hydrogen-bond donors (Lipinski definition) is 3. The molecular weight excluding hydrogens is 306 g/mol. The number of aromatic nitrogens is 4. The number of rotatable bonds is 2. The fraction of sp³-hybridized carbons (Fsp3) is 0. The quantitative estimate of drug-likeness (QED) is 0.530. The van der Waals surface area contributed by atoms with Crippen molar-refractivity contribution < 1.29 is 18.7 Å². The van der Waals surface area contributed by atoms with Gasteiger partial charge < -0.3 is 10.1 Å². The number of fused-ring (bicyclic) bond motifs is 2. The highest BCUT2D eigenvalue weighted by molar-refractivity contribution is 5.98. The second-order valence-electron chi connectivity index (χ2n) is 5.01. The van der Waals surface area contributed by atoms with E-state index in [0.29, 0.717) is 27.9 Å². The van der Waals surface area contributed by atoms with E-state index in [4.69, 9.17) is 5.11 Å². The fourth-order valence-corrected chi connectivity index (χ4v) is 2.45. The molecule has 23 heavy (non-hydrogen) atoms. The predicted molar refractivity (Wildman–Crippen MR) is 78.1 cm³/mol. The van der Waals surface area contributed by atoms with Gasteiger partial charge in [0.05, 0.1) is 22.1 Å². The Morgan fingerprint density at radius 2 is 1.87 bits per heavy atom. The van der Waals surface area contributed by atoms with Crippen LogP contribution in [0.15, 0.2) is 30.3 Å². The zero-order chi connectivity index (χ0) is 16.1. The van der Waals surface area contributed by atoms with Crippen LogP contribution in [0.1, 0.15) is 10.4 Å². The molecule has 0 saturated carbocycles. The Labute approximate surface area is 126 Å². The molecule has 4 aromatic rings. The second-order valence-corrected chi connectivity index (χ2v) is 5.01. The molecule has 0 atom stereocenters. The topological polar surface area (TPSA) is 94.7 Å². The fourth-order valence-electron chi connectivity index (χ4n) is 2.45. The van der Waals surface area contributed by atoms with E-state index in [0.717, 1.165) is 12.1 Å². The first kappa shape index (κ1) is 13.4. The number of aromatic amines is 2. The van der Waals surface area contributed by atoms with Gasteiger partial charge in [-0.25, -0.2) is 18.6 Å². The van der Waals surface area contributed by atoms with Crippen molar-refractivity contribution >= 4 is 27.9 Å². The zero-order valence-electron chi connectivity index (χ0n) is 11.4. The summed E-state index contributed by atoms with van der Waals surface area (Å²) in [6.07, 6.45) is 0. The number of carbonyl (C=O) groups is 1. The molecule has 0 bridgehead atoms. The van der Waals surface area contributed by atoms with Crippen molar-refractivity contribution in [2.75, 3.05) is 0 Å². The summed E-state index contributed by atoms with van der Waals surface area (Å²) in [7, 11) is 0. The number of nitrogens with one attached hydrogen (secondary N) is 2. The number of carboxylic acids is 1. The molecule has 0 spiro atoms. The van der Waals surface area contributed by atoms with Crippen LogP contribution in [0, 0.1) is 11.6 Å². The summed E-state index contributed by atoms with van der Waals surface area (Å²) in [4.78, 5) is 18.1. The summed E-state index contributed by atoms with van der Waals surface area (Å²) in [5.41, 5.74) is 1.71. The summed E-state index contributed by atoms with van der Waals surface area (Å²) >= 11 is 0. The number of imidazole rings is 1. The molecule has 0 aliphatic carbocycles.